The molecule has 0 fully saturated rings. The molecule has 0 heterocycles. The molecule has 4 N–H and O–H groups in total. The molecule has 6 heteroatoms. The van der Waals surface area contributed by atoms with Crippen molar-refractivity contribution in [2.45, 2.75) is 45.3 Å². The van der Waals surface area contributed by atoms with Gasteiger partial charge in [0.25, 0.3) is 0 Å². The number of alkyl carbamates (subject to hydrolysis) is 1. The van der Waals surface area contributed by atoms with Gasteiger partial charge in [0.1, 0.15) is 11.6 Å². The van der Waals surface area contributed by atoms with Gasteiger partial charge >= 0.3 is 12.1 Å². The summed E-state index contributed by atoms with van der Waals surface area (Å²) in [6.45, 7) is 5.37. The van der Waals surface area contributed by atoms with E-state index in [1.165, 1.54) is 0 Å². The third-order valence-corrected chi connectivity index (χ3v) is 2.60. The summed E-state index contributed by atoms with van der Waals surface area (Å²) < 4.78 is 5.17. The highest BCUT2D eigenvalue weighted by molar-refractivity contribution is 5.73. The number of aliphatic carboxylic acids is 1. The summed E-state index contributed by atoms with van der Waals surface area (Å²) in [4.78, 5) is 22.4. The normalized spacial score (nSPS) is 16.4. The molecular formula is C15H22N2O4. The van der Waals surface area contributed by atoms with Crippen molar-refractivity contribution in [2.24, 2.45) is 5.73 Å². The van der Waals surface area contributed by atoms with Crippen molar-refractivity contribution in [3.63, 3.8) is 0 Å². The molecule has 0 saturated carbocycles. The van der Waals surface area contributed by atoms with E-state index < -0.39 is 23.7 Å². The van der Waals surface area contributed by atoms with Gasteiger partial charge in [-0.15, -0.1) is 0 Å². The number of nitrogens with one attached hydrogen (secondary N) is 1. The molecule has 0 aliphatic heterocycles. The van der Waals surface area contributed by atoms with Gasteiger partial charge in [0.2, 0.25) is 0 Å². The van der Waals surface area contributed by atoms with E-state index in [4.69, 9.17) is 15.6 Å². The zero-order valence-electron chi connectivity index (χ0n) is 12.6. The van der Waals surface area contributed by atoms with Crippen LogP contribution in [0.5, 0.6) is 0 Å². The number of nitrogens with two attached hydrogens (primary N) is 1. The minimum Gasteiger partial charge on any atom is -0.480 e. The van der Waals surface area contributed by atoms with Crippen LogP contribution in [0.1, 0.15) is 33.6 Å². The second kappa shape index (κ2) is 7.08. The molecule has 116 valence electrons. The number of ether oxygens (including phenoxy) is 1. The standard InChI is InChI=1S/C15H22N2O4/c1-15(2,3)21-14(20)17-11-6-4-5-10(7-8-11)9-12(16)13(18)19/h4-5,7-8,12H,6,9,16H2,1-3H3,(H,17,20)(H,18,19). The van der Waals surface area contributed by atoms with Gasteiger partial charge in [-0.2, -0.15) is 0 Å². The van der Waals surface area contributed by atoms with E-state index in [1.54, 1.807) is 32.9 Å². The van der Waals surface area contributed by atoms with E-state index >= 15 is 0 Å². The molecule has 0 saturated heterocycles. The van der Waals surface area contributed by atoms with Crippen LogP contribution in [0.2, 0.25) is 0 Å². The van der Waals surface area contributed by atoms with E-state index in [0.717, 1.165) is 5.57 Å². The Hall–Kier alpha value is -2.08. The Morgan fingerprint density at radius 1 is 1.43 bits per heavy atom. The summed E-state index contributed by atoms with van der Waals surface area (Å²) in [6.07, 6.45) is 7.39. The predicted octanol–water partition coefficient (Wildman–Crippen LogP) is 2.08. The summed E-state index contributed by atoms with van der Waals surface area (Å²) in [5.74, 6) is -1.04. The van der Waals surface area contributed by atoms with E-state index in [0.29, 0.717) is 12.1 Å². The fourth-order valence-corrected chi connectivity index (χ4v) is 1.67. The maximum absolute atomic E-state index is 11.7. The molecule has 21 heavy (non-hydrogen) atoms. The minimum absolute atomic E-state index is 0.238. The number of hydrogen-bond donors (Lipinski definition) is 3. The Bertz CT molecular complexity index is 498. The van der Waals surface area contributed by atoms with Crippen LogP contribution in [0, 0.1) is 0 Å². The Kier molecular flexibility index (Phi) is 5.72. The van der Waals surface area contributed by atoms with Gasteiger partial charge < -0.3 is 15.6 Å². The van der Waals surface area contributed by atoms with Crippen LogP contribution in [0.3, 0.4) is 0 Å². The van der Waals surface area contributed by atoms with Gasteiger partial charge in [0, 0.05) is 12.1 Å². The number of carbonyl (C=O) groups excluding carboxylic acids is 1. The van der Waals surface area contributed by atoms with Crippen LogP contribution in [0.4, 0.5) is 4.79 Å². The van der Waals surface area contributed by atoms with Crippen LogP contribution in [0.25, 0.3) is 0 Å². The highest BCUT2D eigenvalue weighted by atomic mass is 16.6. The Balaban J connectivity index is 2.65. The number of amides is 1. The molecule has 0 bridgehead atoms. The molecule has 1 unspecified atom stereocenters. The fourth-order valence-electron chi connectivity index (χ4n) is 1.67. The third-order valence-electron chi connectivity index (χ3n) is 2.60. The highest BCUT2D eigenvalue weighted by Crippen LogP contribution is 2.14. The smallest absolute Gasteiger partial charge is 0.411 e. The van der Waals surface area contributed by atoms with Gasteiger partial charge in [0.05, 0.1) is 0 Å². The van der Waals surface area contributed by atoms with Gasteiger partial charge in [-0.3, -0.25) is 10.1 Å². The zero-order valence-corrected chi connectivity index (χ0v) is 12.6. The van der Waals surface area contributed by atoms with E-state index in [2.05, 4.69) is 5.32 Å². The van der Waals surface area contributed by atoms with E-state index in [9.17, 15) is 9.59 Å². The van der Waals surface area contributed by atoms with Gasteiger partial charge in [0.15, 0.2) is 0 Å². The van der Waals surface area contributed by atoms with Crippen molar-refractivity contribution in [3.05, 3.63) is 35.6 Å². The number of carboxylic acid groups (broad SMARTS) is 1. The lowest BCUT2D eigenvalue weighted by atomic mass is 10.1. The number of carboxylic acids is 1. The average molecular weight is 294 g/mol. The van der Waals surface area contributed by atoms with Crippen molar-refractivity contribution < 1.29 is 19.4 Å². The lowest BCUT2D eigenvalue weighted by Gasteiger charge is -2.20. The SMILES string of the molecule is CC(C)(C)OC(=O)NC1=CC=C(CC(N)C(=O)O)C=CC1. The molecule has 1 amide bonds. The largest absolute Gasteiger partial charge is 0.480 e. The van der Waals surface area contributed by atoms with Gasteiger partial charge in [-0.1, -0.05) is 18.2 Å². The highest BCUT2D eigenvalue weighted by Gasteiger charge is 2.17. The summed E-state index contributed by atoms with van der Waals surface area (Å²) in [5.41, 5.74) is 6.42. The first-order valence-electron chi connectivity index (χ1n) is 6.72. The van der Waals surface area contributed by atoms with Gasteiger partial charge in [-0.25, -0.2) is 4.79 Å². The molecule has 0 aromatic heterocycles. The van der Waals surface area contributed by atoms with Crippen molar-refractivity contribution in [2.75, 3.05) is 0 Å². The number of hydrogen-bond acceptors (Lipinski definition) is 4. The average Bonchev–Trinajstić information content (AvgIpc) is 2.52. The molecule has 0 aromatic carbocycles. The molecule has 1 rings (SSSR count). The molecule has 1 atom stereocenters. The van der Waals surface area contributed by atoms with Crippen LogP contribution in [-0.4, -0.2) is 28.8 Å². The second-order valence-corrected chi connectivity index (χ2v) is 5.82. The molecule has 0 spiro atoms. The maximum atomic E-state index is 11.7. The topological polar surface area (TPSA) is 102 Å². The molecular weight excluding hydrogens is 272 g/mol. The lowest BCUT2D eigenvalue weighted by molar-refractivity contribution is -0.138. The summed E-state index contributed by atoms with van der Waals surface area (Å²) >= 11 is 0. The van der Waals surface area contributed by atoms with Crippen LogP contribution >= 0.6 is 0 Å². The summed E-state index contributed by atoms with van der Waals surface area (Å²) in [7, 11) is 0. The first-order chi connectivity index (χ1) is 9.67. The molecule has 0 radical (unpaired) electrons. The molecule has 1 aliphatic carbocycles. The molecule has 6 nitrogen and oxygen atoms in total. The zero-order chi connectivity index (χ0) is 16.0. The van der Waals surface area contributed by atoms with Crippen LogP contribution in [0.15, 0.2) is 35.6 Å². The summed E-state index contributed by atoms with van der Waals surface area (Å²) in [6, 6.07) is -0.935. The van der Waals surface area contributed by atoms with Gasteiger partial charge in [-0.05, 0) is 38.8 Å². The Labute approximate surface area is 124 Å². The van der Waals surface area contributed by atoms with Crippen molar-refractivity contribution >= 4 is 12.1 Å². The second-order valence-electron chi connectivity index (χ2n) is 5.82. The minimum atomic E-state index is -1.04. The van der Waals surface area contributed by atoms with Crippen LogP contribution < -0.4 is 11.1 Å². The maximum Gasteiger partial charge on any atom is 0.411 e. The Morgan fingerprint density at radius 2 is 2.10 bits per heavy atom. The fraction of sp³-hybridized carbons (Fsp3) is 0.467. The number of rotatable bonds is 4. The first kappa shape index (κ1) is 17.0. The first-order valence-corrected chi connectivity index (χ1v) is 6.72. The quantitative estimate of drug-likeness (QED) is 0.737. The molecule has 1 aliphatic rings. The van der Waals surface area contributed by atoms with E-state index in [-0.39, 0.29) is 6.42 Å². The number of carbonyl (C=O) groups is 2. The molecule has 0 aromatic rings. The predicted molar refractivity (Wildman–Crippen MR) is 79.5 cm³/mol. The lowest BCUT2D eigenvalue weighted by Crippen LogP contribution is -2.31. The summed E-state index contributed by atoms with van der Waals surface area (Å²) in [5, 5.41) is 11.5. The van der Waals surface area contributed by atoms with E-state index in [1.807, 2.05) is 12.2 Å². The third kappa shape index (κ3) is 6.76. The van der Waals surface area contributed by atoms with Crippen molar-refractivity contribution in [1.82, 2.24) is 5.32 Å². The Morgan fingerprint density at radius 3 is 2.67 bits per heavy atom. The monoisotopic (exact) mass is 294 g/mol. The van der Waals surface area contributed by atoms with Crippen molar-refractivity contribution in [1.29, 1.82) is 0 Å². The van der Waals surface area contributed by atoms with Crippen molar-refractivity contribution in [3.8, 4) is 0 Å². The number of allylic oxidation sites excluding steroid dienone is 4. The van der Waals surface area contributed by atoms with Crippen LogP contribution in [-0.2, 0) is 9.53 Å².